The van der Waals surface area contributed by atoms with Crippen LogP contribution in [0.2, 0.25) is 0 Å². The van der Waals surface area contributed by atoms with E-state index in [2.05, 4.69) is 22.4 Å². The number of aliphatic hydroxyl groups is 1. The second-order valence-electron chi connectivity index (χ2n) is 10.6. The number of benzene rings is 3. The maximum atomic E-state index is 13.6. The Kier molecular flexibility index (Phi) is 7.53. The van der Waals surface area contributed by atoms with Gasteiger partial charge in [0, 0.05) is 28.6 Å². The van der Waals surface area contributed by atoms with Crippen LogP contribution in [0.4, 0.5) is 0 Å². The molecule has 204 valence electrons. The van der Waals surface area contributed by atoms with Crippen LogP contribution in [0, 0.1) is 5.41 Å². The van der Waals surface area contributed by atoms with Gasteiger partial charge in [-0.2, -0.15) is 0 Å². The Morgan fingerprint density at radius 3 is 2.44 bits per heavy atom. The predicted octanol–water partition coefficient (Wildman–Crippen LogP) is 5.54. The molecule has 3 aromatic carbocycles. The minimum Gasteiger partial charge on any atom is -0.493 e. The summed E-state index contributed by atoms with van der Waals surface area (Å²) in [6, 6.07) is 19.5. The summed E-state index contributed by atoms with van der Waals surface area (Å²) in [6.07, 6.45) is 2.22. The fourth-order valence-electron chi connectivity index (χ4n) is 5.49. The summed E-state index contributed by atoms with van der Waals surface area (Å²) in [5.74, 6) is 1.54. The molecule has 0 spiro atoms. The van der Waals surface area contributed by atoms with Crippen LogP contribution in [0.3, 0.4) is 0 Å². The molecule has 0 aliphatic heterocycles. The van der Waals surface area contributed by atoms with Crippen LogP contribution in [0.5, 0.6) is 17.2 Å². The topological polar surface area (TPSA) is 92.8 Å². The first-order chi connectivity index (χ1) is 18.9. The second kappa shape index (κ2) is 11.0. The van der Waals surface area contributed by atoms with Gasteiger partial charge in [0.05, 0.1) is 32.5 Å². The molecule has 1 amide bonds. The lowest BCUT2D eigenvalue weighted by molar-refractivity contribution is 0.0828. The molecule has 0 bridgehead atoms. The molecule has 39 heavy (non-hydrogen) atoms. The lowest BCUT2D eigenvalue weighted by Crippen LogP contribution is -2.43. The molecule has 4 aromatic rings. The maximum absolute atomic E-state index is 13.6. The Bertz CT molecular complexity index is 1490. The van der Waals surface area contributed by atoms with Crippen LogP contribution in [0.1, 0.15) is 41.9 Å². The highest BCUT2D eigenvalue weighted by atomic mass is 16.5. The number of para-hydroxylation sites is 1. The fourth-order valence-corrected chi connectivity index (χ4v) is 5.49. The van der Waals surface area contributed by atoms with E-state index < -0.39 is 5.41 Å². The number of aromatic amines is 1. The van der Waals surface area contributed by atoms with E-state index in [4.69, 9.17) is 14.2 Å². The van der Waals surface area contributed by atoms with Gasteiger partial charge in [-0.15, -0.1) is 0 Å². The van der Waals surface area contributed by atoms with Crippen LogP contribution < -0.4 is 19.5 Å². The lowest BCUT2D eigenvalue weighted by Gasteiger charge is -2.36. The van der Waals surface area contributed by atoms with Crippen molar-refractivity contribution in [2.24, 2.45) is 5.41 Å². The van der Waals surface area contributed by atoms with Gasteiger partial charge in [-0.1, -0.05) is 30.3 Å². The second-order valence-corrected chi connectivity index (χ2v) is 10.6. The number of amides is 1. The molecule has 1 aliphatic carbocycles. The van der Waals surface area contributed by atoms with E-state index in [1.165, 1.54) is 16.6 Å². The van der Waals surface area contributed by atoms with Crippen LogP contribution in [0.25, 0.3) is 22.0 Å². The first-order valence-electron chi connectivity index (χ1n) is 13.4. The van der Waals surface area contributed by atoms with Crippen molar-refractivity contribution in [2.45, 2.75) is 39.2 Å². The van der Waals surface area contributed by atoms with E-state index in [0.29, 0.717) is 35.8 Å². The number of carbonyl (C=O) groups excluding carboxylic acids is 1. The molecule has 7 nitrogen and oxygen atoms in total. The number of H-pyrrole nitrogens is 1. The molecule has 0 saturated heterocycles. The average molecular weight is 529 g/mol. The highest BCUT2D eigenvalue weighted by Crippen LogP contribution is 2.39. The number of methoxy groups -OCH3 is 2. The molecule has 1 heterocycles. The number of rotatable bonds is 9. The van der Waals surface area contributed by atoms with Crippen LogP contribution in [-0.4, -0.2) is 49.5 Å². The first-order valence-corrected chi connectivity index (χ1v) is 13.4. The van der Waals surface area contributed by atoms with Gasteiger partial charge in [0.1, 0.15) is 5.75 Å². The van der Waals surface area contributed by atoms with E-state index in [1.54, 1.807) is 14.2 Å². The van der Waals surface area contributed by atoms with Crippen molar-refractivity contribution in [1.82, 2.24) is 10.3 Å². The molecule has 0 fully saturated rings. The maximum Gasteiger partial charge on any atom is 0.255 e. The van der Waals surface area contributed by atoms with Gasteiger partial charge < -0.3 is 29.6 Å². The molecule has 0 saturated carbocycles. The van der Waals surface area contributed by atoms with Gasteiger partial charge in [0.2, 0.25) is 0 Å². The largest absolute Gasteiger partial charge is 0.493 e. The molecule has 7 heteroatoms. The van der Waals surface area contributed by atoms with Crippen molar-refractivity contribution < 1.29 is 24.1 Å². The average Bonchev–Trinajstić information content (AvgIpc) is 3.33. The number of aryl methyl sites for hydroxylation is 1. The Balaban J connectivity index is 1.41. The Hall–Kier alpha value is -3.97. The summed E-state index contributed by atoms with van der Waals surface area (Å²) in [7, 11) is 3.20. The smallest absolute Gasteiger partial charge is 0.255 e. The number of fused-ring (bicyclic) bond motifs is 3. The van der Waals surface area contributed by atoms with Crippen LogP contribution in [-0.2, 0) is 12.8 Å². The number of ether oxygens (including phenoxy) is 3. The van der Waals surface area contributed by atoms with Crippen molar-refractivity contribution in [2.75, 3.05) is 27.4 Å². The van der Waals surface area contributed by atoms with Crippen LogP contribution >= 0.6 is 0 Å². The van der Waals surface area contributed by atoms with Crippen molar-refractivity contribution in [3.8, 4) is 28.4 Å². The number of hydrogen-bond donors (Lipinski definition) is 3. The fraction of sp³-hybridized carbons (Fsp3) is 0.344. The van der Waals surface area contributed by atoms with Gasteiger partial charge >= 0.3 is 0 Å². The summed E-state index contributed by atoms with van der Waals surface area (Å²) in [6.45, 7) is 4.23. The third kappa shape index (κ3) is 5.32. The van der Waals surface area contributed by atoms with Gasteiger partial charge in [0.15, 0.2) is 11.5 Å². The molecule has 1 aromatic heterocycles. The quantitative estimate of drug-likeness (QED) is 0.265. The van der Waals surface area contributed by atoms with Gasteiger partial charge in [-0.25, -0.2) is 0 Å². The Morgan fingerprint density at radius 2 is 1.72 bits per heavy atom. The third-order valence-corrected chi connectivity index (χ3v) is 7.62. The number of hydrogen-bond acceptors (Lipinski definition) is 5. The summed E-state index contributed by atoms with van der Waals surface area (Å²) in [5.41, 5.74) is 5.34. The van der Waals surface area contributed by atoms with Crippen molar-refractivity contribution >= 4 is 16.8 Å². The van der Waals surface area contributed by atoms with Crippen molar-refractivity contribution in [3.05, 3.63) is 77.5 Å². The number of aromatic nitrogens is 1. The SMILES string of the molecule is COc1ccc(-c2ccc(OC(C)C)c(C(=O)NCC3(CO)CCc4[nH]c5ccccc5c4C3)c2)cc1OC. The lowest BCUT2D eigenvalue weighted by atomic mass is 9.73. The molecule has 0 radical (unpaired) electrons. The summed E-state index contributed by atoms with van der Waals surface area (Å²) < 4.78 is 16.9. The molecule has 1 aliphatic rings. The zero-order chi connectivity index (χ0) is 27.6. The van der Waals surface area contributed by atoms with E-state index in [-0.39, 0.29) is 18.6 Å². The summed E-state index contributed by atoms with van der Waals surface area (Å²) in [5, 5.41) is 14.8. The monoisotopic (exact) mass is 528 g/mol. The number of aliphatic hydroxyl groups excluding tert-OH is 1. The molecule has 1 atom stereocenters. The minimum absolute atomic E-state index is 0.00669. The Morgan fingerprint density at radius 1 is 1.00 bits per heavy atom. The van der Waals surface area contributed by atoms with Gasteiger partial charge in [-0.3, -0.25) is 4.79 Å². The minimum atomic E-state index is -0.437. The normalized spacial score (nSPS) is 16.7. The van der Waals surface area contributed by atoms with Crippen molar-refractivity contribution in [3.63, 3.8) is 0 Å². The predicted molar refractivity (Wildman–Crippen MR) is 153 cm³/mol. The van der Waals surface area contributed by atoms with E-state index in [9.17, 15) is 9.90 Å². The van der Waals surface area contributed by atoms with Gasteiger partial charge in [-0.05, 0) is 80.1 Å². The van der Waals surface area contributed by atoms with E-state index in [0.717, 1.165) is 29.5 Å². The standard InChI is InChI=1S/C32H36N2O5/c1-20(2)39-28-11-9-21(22-10-12-29(37-3)30(16-22)38-4)15-24(28)31(36)33-18-32(19-35)14-13-27-25(17-32)23-7-5-6-8-26(23)34-27/h5-12,15-16,20,34-35H,13-14,17-19H2,1-4H3,(H,33,36). The number of carbonyl (C=O) groups is 1. The highest BCUT2D eigenvalue weighted by molar-refractivity contribution is 5.98. The summed E-state index contributed by atoms with van der Waals surface area (Å²) in [4.78, 5) is 17.2. The molecule has 3 N–H and O–H groups in total. The first kappa shape index (κ1) is 26.6. The third-order valence-electron chi connectivity index (χ3n) is 7.62. The highest BCUT2D eigenvalue weighted by Gasteiger charge is 2.36. The molecular weight excluding hydrogens is 492 g/mol. The number of nitrogens with one attached hydrogen (secondary N) is 2. The zero-order valence-corrected chi connectivity index (χ0v) is 23.0. The Labute approximate surface area is 229 Å². The molecule has 5 rings (SSSR count). The van der Waals surface area contributed by atoms with E-state index >= 15 is 0 Å². The van der Waals surface area contributed by atoms with Crippen molar-refractivity contribution in [1.29, 1.82) is 0 Å². The summed E-state index contributed by atoms with van der Waals surface area (Å²) >= 11 is 0. The van der Waals surface area contributed by atoms with Gasteiger partial charge in [0.25, 0.3) is 5.91 Å². The van der Waals surface area contributed by atoms with Crippen LogP contribution in [0.15, 0.2) is 60.7 Å². The van der Waals surface area contributed by atoms with E-state index in [1.807, 2.05) is 62.4 Å². The molecular formula is C32H36N2O5. The zero-order valence-electron chi connectivity index (χ0n) is 23.0. The molecule has 1 unspecified atom stereocenters.